The molecule has 0 amide bonds. The number of aromatic nitrogens is 3. The smallest absolute Gasteiger partial charge is 0.346 e. The summed E-state index contributed by atoms with van der Waals surface area (Å²) in [5.74, 6) is 0.120. The van der Waals surface area contributed by atoms with E-state index < -0.39 is 11.2 Å². The van der Waals surface area contributed by atoms with Crippen molar-refractivity contribution in [2.24, 2.45) is 19.8 Å². The van der Waals surface area contributed by atoms with Crippen LogP contribution in [0.2, 0.25) is 0 Å². The number of anilines is 1. The molecule has 0 aromatic carbocycles. The van der Waals surface area contributed by atoms with Gasteiger partial charge in [0.1, 0.15) is 0 Å². The fourth-order valence-electron chi connectivity index (χ4n) is 1.58. The SMILES string of the molecule is COCC(CCN)Nc1nn(C)c(=O)n(C)c1=O. The third kappa shape index (κ3) is 3.17. The van der Waals surface area contributed by atoms with Crippen molar-refractivity contribution in [3.8, 4) is 0 Å². The van der Waals surface area contributed by atoms with Crippen LogP contribution in [-0.2, 0) is 18.8 Å². The average Bonchev–Trinajstić information content (AvgIpc) is 2.34. The molecular weight excluding hydrogens is 238 g/mol. The summed E-state index contributed by atoms with van der Waals surface area (Å²) in [5, 5.41) is 6.85. The molecule has 0 radical (unpaired) electrons. The van der Waals surface area contributed by atoms with Crippen LogP contribution in [0.1, 0.15) is 6.42 Å². The first kappa shape index (κ1) is 14.4. The lowest BCUT2D eigenvalue weighted by molar-refractivity contribution is 0.183. The Hall–Kier alpha value is -1.67. The van der Waals surface area contributed by atoms with Gasteiger partial charge >= 0.3 is 5.69 Å². The molecule has 1 heterocycles. The first-order chi connectivity index (χ1) is 8.51. The predicted octanol–water partition coefficient (Wildman–Crippen LogP) is -1.75. The highest BCUT2D eigenvalue weighted by molar-refractivity contribution is 5.31. The van der Waals surface area contributed by atoms with Crippen molar-refractivity contribution >= 4 is 5.82 Å². The van der Waals surface area contributed by atoms with Gasteiger partial charge in [-0.05, 0) is 13.0 Å². The van der Waals surface area contributed by atoms with Crippen LogP contribution in [0.3, 0.4) is 0 Å². The minimum Gasteiger partial charge on any atom is -0.383 e. The van der Waals surface area contributed by atoms with Crippen LogP contribution in [-0.4, -0.2) is 40.7 Å². The van der Waals surface area contributed by atoms with Crippen molar-refractivity contribution in [3.05, 3.63) is 20.8 Å². The van der Waals surface area contributed by atoms with E-state index in [0.717, 1.165) is 9.25 Å². The largest absolute Gasteiger partial charge is 0.383 e. The van der Waals surface area contributed by atoms with Gasteiger partial charge in [0, 0.05) is 21.2 Å². The average molecular weight is 257 g/mol. The lowest BCUT2D eigenvalue weighted by atomic mass is 10.2. The zero-order chi connectivity index (χ0) is 13.7. The lowest BCUT2D eigenvalue weighted by Gasteiger charge is -2.17. The maximum Gasteiger partial charge on any atom is 0.346 e. The molecule has 8 nitrogen and oxygen atoms in total. The second kappa shape index (κ2) is 6.31. The summed E-state index contributed by atoms with van der Waals surface area (Å²) in [6.45, 7) is 0.873. The fraction of sp³-hybridized carbons (Fsp3) is 0.700. The molecule has 1 aromatic heterocycles. The van der Waals surface area contributed by atoms with Crippen LogP contribution in [0.15, 0.2) is 9.59 Å². The predicted molar refractivity (Wildman–Crippen MR) is 67.7 cm³/mol. The van der Waals surface area contributed by atoms with E-state index in [1.54, 1.807) is 7.11 Å². The molecule has 1 aromatic rings. The third-order valence-corrected chi connectivity index (χ3v) is 2.54. The molecule has 102 valence electrons. The van der Waals surface area contributed by atoms with E-state index in [2.05, 4.69) is 10.4 Å². The molecule has 1 rings (SSSR count). The molecule has 1 unspecified atom stereocenters. The van der Waals surface area contributed by atoms with Crippen LogP contribution in [0, 0.1) is 0 Å². The number of nitrogens with one attached hydrogen (secondary N) is 1. The van der Waals surface area contributed by atoms with Crippen LogP contribution >= 0.6 is 0 Å². The van der Waals surface area contributed by atoms with E-state index in [1.807, 2.05) is 0 Å². The maximum atomic E-state index is 11.8. The highest BCUT2D eigenvalue weighted by Crippen LogP contribution is 1.99. The summed E-state index contributed by atoms with van der Waals surface area (Å²) < 4.78 is 7.14. The van der Waals surface area contributed by atoms with Crippen molar-refractivity contribution in [1.29, 1.82) is 0 Å². The van der Waals surface area contributed by atoms with Crippen LogP contribution < -0.4 is 22.3 Å². The summed E-state index contributed by atoms with van der Waals surface area (Å²) in [7, 11) is 4.46. The van der Waals surface area contributed by atoms with E-state index in [0.29, 0.717) is 19.6 Å². The summed E-state index contributed by atoms with van der Waals surface area (Å²) in [5.41, 5.74) is 4.55. The Morgan fingerprint density at radius 2 is 2.11 bits per heavy atom. The van der Waals surface area contributed by atoms with Gasteiger partial charge in [0.15, 0.2) is 0 Å². The first-order valence-electron chi connectivity index (χ1n) is 5.61. The van der Waals surface area contributed by atoms with Gasteiger partial charge in [0.05, 0.1) is 12.6 Å². The van der Waals surface area contributed by atoms with Crippen molar-refractivity contribution in [3.63, 3.8) is 0 Å². The Morgan fingerprint density at radius 1 is 1.44 bits per heavy atom. The Bertz CT molecular complexity index is 501. The molecule has 0 aliphatic heterocycles. The van der Waals surface area contributed by atoms with Crippen molar-refractivity contribution < 1.29 is 4.74 Å². The fourth-order valence-corrected chi connectivity index (χ4v) is 1.58. The molecule has 0 saturated carbocycles. The minimum absolute atomic E-state index is 0.113. The van der Waals surface area contributed by atoms with Crippen molar-refractivity contribution in [2.75, 3.05) is 25.6 Å². The third-order valence-electron chi connectivity index (χ3n) is 2.54. The Labute approximate surface area is 104 Å². The number of methoxy groups -OCH3 is 1. The first-order valence-corrected chi connectivity index (χ1v) is 5.61. The molecule has 1 atom stereocenters. The quantitative estimate of drug-likeness (QED) is 0.626. The van der Waals surface area contributed by atoms with Crippen LogP contribution in [0.4, 0.5) is 5.82 Å². The number of hydrogen-bond donors (Lipinski definition) is 2. The van der Waals surface area contributed by atoms with Gasteiger partial charge < -0.3 is 15.8 Å². The zero-order valence-corrected chi connectivity index (χ0v) is 10.8. The van der Waals surface area contributed by atoms with Gasteiger partial charge in [-0.2, -0.15) is 0 Å². The van der Waals surface area contributed by atoms with E-state index in [-0.39, 0.29) is 11.9 Å². The van der Waals surface area contributed by atoms with Gasteiger partial charge in [0.25, 0.3) is 5.56 Å². The molecule has 0 aliphatic carbocycles. The topological polar surface area (TPSA) is 104 Å². The lowest BCUT2D eigenvalue weighted by Crippen LogP contribution is -2.42. The van der Waals surface area contributed by atoms with Gasteiger partial charge in [-0.25, -0.2) is 9.48 Å². The van der Waals surface area contributed by atoms with Crippen molar-refractivity contribution in [1.82, 2.24) is 14.3 Å². The molecule has 18 heavy (non-hydrogen) atoms. The molecule has 0 saturated heterocycles. The summed E-state index contributed by atoms with van der Waals surface area (Å²) in [6.07, 6.45) is 0.640. The van der Waals surface area contributed by atoms with Crippen LogP contribution in [0.5, 0.6) is 0 Å². The monoisotopic (exact) mass is 257 g/mol. The second-order valence-corrected chi connectivity index (χ2v) is 3.99. The molecule has 3 N–H and O–H groups in total. The summed E-state index contributed by atoms with van der Waals surface area (Å²) in [6, 6.07) is -0.113. The van der Waals surface area contributed by atoms with Crippen LogP contribution in [0.25, 0.3) is 0 Å². The number of ether oxygens (including phenoxy) is 1. The minimum atomic E-state index is -0.465. The van der Waals surface area contributed by atoms with Gasteiger partial charge in [-0.3, -0.25) is 9.36 Å². The Balaban J connectivity index is 3.03. The molecule has 0 bridgehead atoms. The number of rotatable bonds is 6. The number of nitrogens with zero attached hydrogens (tertiary/aromatic N) is 3. The summed E-state index contributed by atoms with van der Waals surface area (Å²) >= 11 is 0. The van der Waals surface area contributed by atoms with E-state index in [4.69, 9.17) is 10.5 Å². The standard InChI is InChI=1S/C10H19N5O3/c1-14-9(16)8(13-15(2)10(14)17)12-7(4-5-11)6-18-3/h7H,4-6,11H2,1-3H3,(H,12,13). The second-order valence-electron chi connectivity index (χ2n) is 3.99. The molecule has 0 spiro atoms. The highest BCUT2D eigenvalue weighted by Gasteiger charge is 2.13. The highest BCUT2D eigenvalue weighted by atomic mass is 16.5. The molecular formula is C10H19N5O3. The van der Waals surface area contributed by atoms with E-state index >= 15 is 0 Å². The van der Waals surface area contributed by atoms with Gasteiger partial charge in [-0.1, -0.05) is 0 Å². The summed E-state index contributed by atoms with van der Waals surface area (Å²) in [4.78, 5) is 23.3. The molecule has 0 fully saturated rings. The maximum absolute atomic E-state index is 11.8. The van der Waals surface area contributed by atoms with Crippen molar-refractivity contribution in [2.45, 2.75) is 12.5 Å². The number of aryl methyl sites for hydroxylation is 1. The van der Waals surface area contributed by atoms with Gasteiger partial charge in [-0.15, -0.1) is 5.10 Å². The normalized spacial score (nSPS) is 12.4. The van der Waals surface area contributed by atoms with E-state index in [1.165, 1.54) is 14.1 Å². The van der Waals surface area contributed by atoms with Gasteiger partial charge in [0.2, 0.25) is 5.82 Å². The van der Waals surface area contributed by atoms with E-state index in [9.17, 15) is 9.59 Å². The Morgan fingerprint density at radius 3 is 2.67 bits per heavy atom. The number of nitrogens with two attached hydrogens (primary N) is 1. The molecule has 0 aliphatic rings. The number of hydrogen-bond acceptors (Lipinski definition) is 6. The molecule has 8 heteroatoms. The Kier molecular flexibility index (Phi) is 5.05. The zero-order valence-electron chi connectivity index (χ0n) is 10.8.